The Morgan fingerprint density at radius 1 is 0.532 bits per heavy atom. The Bertz CT molecular complexity index is 3340. The van der Waals surface area contributed by atoms with Crippen LogP contribution in [-0.2, 0) is 21.1 Å². The summed E-state index contributed by atoms with van der Waals surface area (Å²) in [4.78, 5) is 15.2. The zero-order valence-corrected chi connectivity index (χ0v) is 36.6. The van der Waals surface area contributed by atoms with E-state index in [-0.39, 0.29) is 27.8 Å². The van der Waals surface area contributed by atoms with Gasteiger partial charge in [0, 0.05) is 34.6 Å². The summed E-state index contributed by atoms with van der Waals surface area (Å²) in [6.07, 6.45) is 1.91. The zero-order valence-electron chi connectivity index (χ0n) is 34.4. The summed E-state index contributed by atoms with van der Waals surface area (Å²) in [5, 5.41) is 2.25. The van der Waals surface area contributed by atoms with Gasteiger partial charge in [0.25, 0.3) is 0 Å². The number of aromatic nitrogens is 3. The van der Waals surface area contributed by atoms with E-state index in [1.807, 2.05) is 6.20 Å². The second kappa shape index (κ2) is 14.9. The molecule has 62 heavy (non-hydrogen) atoms. The predicted molar refractivity (Wildman–Crippen MR) is 253 cm³/mol. The molecule has 0 spiro atoms. The Labute approximate surface area is 376 Å². The molecular formula is C55H38BN5Pt. The summed E-state index contributed by atoms with van der Waals surface area (Å²) in [5.41, 5.74) is 19.6. The van der Waals surface area contributed by atoms with E-state index in [4.69, 9.17) is 9.97 Å². The summed E-state index contributed by atoms with van der Waals surface area (Å²) < 4.78 is 2.34. The molecule has 2 aromatic heterocycles. The maximum Gasteiger partial charge on any atom is 2.00 e. The molecule has 0 fully saturated rings. The average molecular weight is 975 g/mol. The van der Waals surface area contributed by atoms with Gasteiger partial charge < -0.3 is 19.4 Å². The number of aryl methyl sites for hydroxylation is 3. The molecule has 2 aliphatic rings. The van der Waals surface area contributed by atoms with Crippen LogP contribution >= 0.6 is 0 Å². The van der Waals surface area contributed by atoms with Crippen molar-refractivity contribution >= 4 is 79.0 Å². The molecule has 296 valence electrons. The summed E-state index contributed by atoms with van der Waals surface area (Å²) in [7, 11) is 0. The van der Waals surface area contributed by atoms with Gasteiger partial charge in [0.2, 0.25) is 6.71 Å². The third kappa shape index (κ3) is 5.81. The van der Waals surface area contributed by atoms with Gasteiger partial charge in [0.1, 0.15) is 0 Å². The van der Waals surface area contributed by atoms with E-state index in [2.05, 4.69) is 217 Å². The molecule has 0 atom stereocenters. The van der Waals surface area contributed by atoms with Crippen molar-refractivity contribution in [2.75, 3.05) is 9.80 Å². The number of anilines is 6. The molecule has 0 saturated heterocycles. The molecular weight excluding hydrogens is 937 g/mol. The van der Waals surface area contributed by atoms with Gasteiger partial charge in [0.05, 0.1) is 16.9 Å². The minimum Gasteiger partial charge on any atom is -0.353 e. The smallest absolute Gasteiger partial charge is 0.353 e. The molecule has 7 heteroatoms. The number of hydrogen-bond donors (Lipinski definition) is 0. The fraction of sp³-hybridized carbons (Fsp3) is 0.0545. The van der Waals surface area contributed by atoms with Crippen LogP contribution in [0.2, 0.25) is 0 Å². The largest absolute Gasteiger partial charge is 2.00 e. The molecule has 5 nitrogen and oxygen atoms in total. The van der Waals surface area contributed by atoms with Crippen molar-refractivity contribution in [3.05, 3.63) is 205 Å². The topological polar surface area (TPSA) is 37.2 Å². The molecule has 0 saturated carbocycles. The first-order valence-corrected chi connectivity index (χ1v) is 20.9. The Balaban J connectivity index is 0.00000432. The second-order valence-corrected chi connectivity index (χ2v) is 16.2. The number of para-hydroxylation sites is 4. The van der Waals surface area contributed by atoms with Gasteiger partial charge in [-0.15, -0.1) is 58.5 Å². The Morgan fingerprint density at radius 2 is 1.11 bits per heavy atom. The average Bonchev–Trinajstić information content (AvgIpc) is 3.67. The first-order valence-electron chi connectivity index (χ1n) is 20.9. The quantitative estimate of drug-likeness (QED) is 0.127. The SMILES string of the molecule is Cc1cc(C)c(-n2c(-c3[c-]c4c(cc3)N(c3ccccc3)c3cccc5c3B4c3[c-]c(-c4nccc6ccccc46)ccc3N5c3ccccc3)nc3ccccc32)c(C)c1.[Pt+2]. The third-order valence-corrected chi connectivity index (χ3v) is 12.4. The number of hydrogen-bond acceptors (Lipinski definition) is 4. The van der Waals surface area contributed by atoms with Gasteiger partial charge in [-0.1, -0.05) is 96.6 Å². The molecule has 0 radical (unpaired) electrons. The molecule has 0 amide bonds. The Hall–Kier alpha value is -7.01. The first-order chi connectivity index (χ1) is 30.0. The maximum atomic E-state index is 5.39. The van der Waals surface area contributed by atoms with Crippen LogP contribution in [0.15, 0.2) is 176 Å². The van der Waals surface area contributed by atoms with Gasteiger partial charge >= 0.3 is 21.1 Å². The Kier molecular flexibility index (Phi) is 9.10. The van der Waals surface area contributed by atoms with Gasteiger partial charge in [-0.05, 0) is 120 Å². The zero-order chi connectivity index (χ0) is 40.8. The fourth-order valence-corrected chi connectivity index (χ4v) is 10.0. The van der Waals surface area contributed by atoms with E-state index < -0.39 is 0 Å². The monoisotopic (exact) mass is 974 g/mol. The van der Waals surface area contributed by atoms with Gasteiger partial charge in [-0.25, -0.2) is 0 Å². The van der Waals surface area contributed by atoms with Crippen molar-refractivity contribution in [3.63, 3.8) is 0 Å². The number of fused-ring (bicyclic) bond motifs is 6. The summed E-state index contributed by atoms with van der Waals surface area (Å²) >= 11 is 0. The van der Waals surface area contributed by atoms with Gasteiger partial charge in [-0.2, -0.15) is 0 Å². The molecule has 0 aliphatic carbocycles. The van der Waals surface area contributed by atoms with Crippen molar-refractivity contribution in [2.45, 2.75) is 20.8 Å². The van der Waals surface area contributed by atoms with Crippen LogP contribution in [0.25, 0.3) is 50.1 Å². The summed E-state index contributed by atoms with van der Waals surface area (Å²) in [6.45, 7) is 6.37. The van der Waals surface area contributed by atoms with Gasteiger partial charge in [-0.3, -0.25) is 4.98 Å². The third-order valence-electron chi connectivity index (χ3n) is 12.4. The van der Waals surface area contributed by atoms with Crippen molar-refractivity contribution < 1.29 is 21.1 Å². The van der Waals surface area contributed by atoms with Crippen molar-refractivity contribution in [1.29, 1.82) is 0 Å². The van der Waals surface area contributed by atoms with Crippen LogP contribution in [0.4, 0.5) is 34.1 Å². The van der Waals surface area contributed by atoms with Crippen LogP contribution in [0.3, 0.4) is 0 Å². The number of pyridine rings is 1. The minimum atomic E-state index is -0.202. The van der Waals surface area contributed by atoms with Crippen molar-refractivity contribution in [2.24, 2.45) is 0 Å². The van der Waals surface area contributed by atoms with Crippen LogP contribution < -0.4 is 26.2 Å². The fourth-order valence-electron chi connectivity index (χ4n) is 10.0. The van der Waals surface area contributed by atoms with E-state index >= 15 is 0 Å². The van der Waals surface area contributed by atoms with E-state index in [1.54, 1.807) is 0 Å². The molecule has 10 aromatic rings. The van der Waals surface area contributed by atoms with Crippen LogP contribution in [0.5, 0.6) is 0 Å². The Morgan fingerprint density at radius 3 is 1.79 bits per heavy atom. The number of imidazole rings is 1. The normalized spacial score (nSPS) is 12.5. The van der Waals surface area contributed by atoms with Crippen molar-refractivity contribution in [3.8, 4) is 28.3 Å². The molecule has 2 aliphatic heterocycles. The first kappa shape index (κ1) is 38.0. The molecule has 0 unspecified atom stereocenters. The maximum absolute atomic E-state index is 5.39. The second-order valence-electron chi connectivity index (χ2n) is 16.2. The molecule has 0 bridgehead atoms. The van der Waals surface area contributed by atoms with E-state index in [1.165, 1.54) is 22.2 Å². The molecule has 12 rings (SSSR count). The van der Waals surface area contributed by atoms with Crippen molar-refractivity contribution in [1.82, 2.24) is 14.5 Å². The summed E-state index contributed by atoms with van der Waals surface area (Å²) in [6, 6.07) is 68.8. The number of benzene rings is 8. The van der Waals surface area contributed by atoms with E-state index in [0.29, 0.717) is 0 Å². The van der Waals surface area contributed by atoms with E-state index in [0.717, 1.165) is 95.2 Å². The molecule has 0 N–H and O–H groups in total. The van der Waals surface area contributed by atoms with E-state index in [9.17, 15) is 0 Å². The standard InChI is InChI=1S/C55H38BN5.Pt/c1-35-31-36(2)54(37(3)32-35)61-49-22-13-12-21-46(49)58-55(61)40-26-28-48-45(34-40)56-44-33-39(53-43-20-11-10-15-38(43)29-30-57-53)25-27-47(44)59(41-16-6-4-7-17-41)50-23-14-24-51(52(50)56)60(48)42-18-8-5-9-19-42;/h4-32H,1-3H3;/q-2;+2. The molecule has 4 heterocycles. The number of rotatable bonds is 5. The predicted octanol–water partition coefficient (Wildman–Crippen LogP) is 11.5. The minimum absolute atomic E-state index is 0. The van der Waals surface area contributed by atoms with Crippen LogP contribution in [0.1, 0.15) is 16.7 Å². The van der Waals surface area contributed by atoms with Crippen LogP contribution in [-0.4, -0.2) is 21.2 Å². The molecule has 8 aromatic carbocycles. The number of nitrogens with zero attached hydrogens (tertiary/aromatic N) is 5. The summed E-state index contributed by atoms with van der Waals surface area (Å²) in [5.74, 6) is 0.865. The van der Waals surface area contributed by atoms with Gasteiger partial charge in [0.15, 0.2) is 0 Å². The van der Waals surface area contributed by atoms with Crippen LogP contribution in [0, 0.1) is 32.9 Å².